The minimum Gasteiger partial charge on any atom is -0.460 e. The summed E-state index contributed by atoms with van der Waals surface area (Å²) >= 11 is 1.23. The van der Waals surface area contributed by atoms with Gasteiger partial charge in [0, 0.05) is 4.75 Å². The number of hydrogen-bond donors (Lipinski definition) is 0. The van der Waals surface area contributed by atoms with Crippen LogP contribution in [0.1, 0.15) is 34.6 Å². The van der Waals surface area contributed by atoms with Crippen molar-refractivity contribution in [1.82, 2.24) is 0 Å². The number of carbonyl (C=O) groups is 2. The van der Waals surface area contributed by atoms with Crippen LogP contribution >= 0.6 is 11.8 Å². The molecule has 1 rings (SSSR count). The summed E-state index contributed by atoms with van der Waals surface area (Å²) < 4.78 is 4.83. The molecule has 0 unspecified atom stereocenters. The zero-order valence-electron chi connectivity index (χ0n) is 9.87. The van der Waals surface area contributed by atoms with E-state index in [-0.39, 0.29) is 27.9 Å². The molecule has 0 N–H and O–H groups in total. The van der Waals surface area contributed by atoms with Gasteiger partial charge in [0.05, 0.1) is 0 Å². The molecule has 4 heteroatoms. The quantitative estimate of drug-likeness (QED) is 0.539. The summed E-state index contributed by atoms with van der Waals surface area (Å²) in [6, 6.07) is 0. The van der Waals surface area contributed by atoms with E-state index in [9.17, 15) is 9.59 Å². The second kappa shape index (κ2) is 4.16. The molecule has 0 aromatic carbocycles. The van der Waals surface area contributed by atoms with Gasteiger partial charge >= 0.3 is 5.97 Å². The first-order valence-corrected chi connectivity index (χ1v) is 5.97. The Balaban J connectivity index is 2.63. The molecule has 1 aliphatic heterocycles. The third-order valence-electron chi connectivity index (χ3n) is 2.15. The zero-order valence-corrected chi connectivity index (χ0v) is 10.7. The number of rotatable bonds is 2. The maximum Gasteiger partial charge on any atom is 0.321 e. The molecule has 1 saturated heterocycles. The van der Waals surface area contributed by atoms with Crippen LogP contribution in [0.25, 0.3) is 0 Å². The molecule has 0 saturated carbocycles. The van der Waals surface area contributed by atoms with Crippen LogP contribution in [0.2, 0.25) is 0 Å². The highest BCUT2D eigenvalue weighted by atomic mass is 32.2. The third-order valence-corrected chi connectivity index (χ3v) is 3.22. The number of esters is 1. The predicted octanol–water partition coefficient (Wildman–Crippen LogP) is 2.24. The Morgan fingerprint density at radius 3 is 2.27 bits per heavy atom. The summed E-state index contributed by atoms with van der Waals surface area (Å²) in [5.41, 5.74) is 0. The fourth-order valence-electron chi connectivity index (χ4n) is 1.45. The minimum atomic E-state index is -0.547. The SMILES string of the molecule is CC(C)[C@@H]1OC(=O)[C@H]1C(=O)SC(C)(C)C. The number of cyclic esters (lactones) is 1. The summed E-state index contributed by atoms with van der Waals surface area (Å²) in [7, 11) is 0. The van der Waals surface area contributed by atoms with Gasteiger partial charge in [0.15, 0.2) is 5.92 Å². The van der Waals surface area contributed by atoms with E-state index in [4.69, 9.17) is 4.74 Å². The number of carbonyl (C=O) groups excluding carboxylic acids is 2. The highest BCUT2D eigenvalue weighted by Gasteiger charge is 2.49. The Bertz CT molecular complexity index is 278. The second-order valence-corrected chi connectivity index (χ2v) is 6.99. The zero-order chi connectivity index (χ0) is 11.8. The van der Waals surface area contributed by atoms with Crippen molar-refractivity contribution >= 4 is 22.8 Å². The number of hydrogen-bond acceptors (Lipinski definition) is 4. The van der Waals surface area contributed by atoms with Gasteiger partial charge in [-0.15, -0.1) is 0 Å². The smallest absolute Gasteiger partial charge is 0.321 e. The molecule has 0 aromatic rings. The van der Waals surface area contributed by atoms with Crippen molar-refractivity contribution in [3.63, 3.8) is 0 Å². The highest BCUT2D eigenvalue weighted by Crippen LogP contribution is 2.36. The predicted molar refractivity (Wildman–Crippen MR) is 60.6 cm³/mol. The van der Waals surface area contributed by atoms with E-state index in [0.29, 0.717) is 0 Å². The standard InChI is InChI=1S/C11H18O3S/c1-6(2)8-7(9(12)14-8)10(13)15-11(3,4)5/h6-8H,1-5H3/t7-,8-/m0/s1. The van der Waals surface area contributed by atoms with Gasteiger partial charge < -0.3 is 4.74 Å². The van der Waals surface area contributed by atoms with E-state index < -0.39 is 5.92 Å². The van der Waals surface area contributed by atoms with Gasteiger partial charge in [0.2, 0.25) is 5.12 Å². The first kappa shape index (κ1) is 12.6. The van der Waals surface area contributed by atoms with E-state index >= 15 is 0 Å². The second-order valence-electron chi connectivity index (χ2n) is 5.16. The van der Waals surface area contributed by atoms with Crippen LogP contribution in [0.4, 0.5) is 0 Å². The van der Waals surface area contributed by atoms with Crippen LogP contribution in [0.15, 0.2) is 0 Å². The molecular weight excluding hydrogens is 212 g/mol. The Morgan fingerprint density at radius 2 is 1.93 bits per heavy atom. The molecule has 0 radical (unpaired) electrons. The molecular formula is C11H18O3S. The molecule has 0 bridgehead atoms. The van der Waals surface area contributed by atoms with Gasteiger partial charge in [-0.1, -0.05) is 46.4 Å². The van der Waals surface area contributed by atoms with Gasteiger partial charge in [0.25, 0.3) is 0 Å². The molecule has 3 nitrogen and oxygen atoms in total. The summed E-state index contributed by atoms with van der Waals surface area (Å²) in [4.78, 5) is 23.0. The molecule has 15 heavy (non-hydrogen) atoms. The van der Waals surface area contributed by atoms with Crippen LogP contribution in [0.5, 0.6) is 0 Å². The Hall–Kier alpha value is -0.510. The van der Waals surface area contributed by atoms with Gasteiger partial charge in [-0.05, 0) is 5.92 Å². The van der Waals surface area contributed by atoms with Crippen molar-refractivity contribution in [2.75, 3.05) is 0 Å². The average molecular weight is 230 g/mol. The van der Waals surface area contributed by atoms with Crippen LogP contribution < -0.4 is 0 Å². The van der Waals surface area contributed by atoms with Crippen LogP contribution in [0.3, 0.4) is 0 Å². The van der Waals surface area contributed by atoms with Crippen molar-refractivity contribution in [3.8, 4) is 0 Å². The molecule has 1 heterocycles. The summed E-state index contributed by atoms with van der Waals surface area (Å²) in [6.45, 7) is 9.80. The van der Waals surface area contributed by atoms with Crippen LogP contribution in [0, 0.1) is 11.8 Å². The Morgan fingerprint density at radius 1 is 1.40 bits per heavy atom. The topological polar surface area (TPSA) is 43.4 Å². The monoisotopic (exact) mass is 230 g/mol. The average Bonchev–Trinajstić information content (AvgIpc) is 1.94. The lowest BCUT2D eigenvalue weighted by Gasteiger charge is -2.37. The first-order chi connectivity index (χ1) is 6.72. The Kier molecular flexibility index (Phi) is 3.48. The van der Waals surface area contributed by atoms with Crippen molar-refractivity contribution in [2.45, 2.75) is 45.5 Å². The molecule has 0 spiro atoms. The Labute approximate surface area is 94.9 Å². The summed E-state index contributed by atoms with van der Waals surface area (Å²) in [5, 5.41) is -0.0579. The van der Waals surface area contributed by atoms with Crippen LogP contribution in [-0.4, -0.2) is 21.9 Å². The van der Waals surface area contributed by atoms with Gasteiger partial charge in [-0.2, -0.15) is 0 Å². The lowest BCUT2D eigenvalue weighted by atomic mass is 9.89. The van der Waals surface area contributed by atoms with Crippen molar-refractivity contribution in [1.29, 1.82) is 0 Å². The van der Waals surface area contributed by atoms with Gasteiger partial charge in [0.1, 0.15) is 6.10 Å². The van der Waals surface area contributed by atoms with Gasteiger partial charge in [-0.3, -0.25) is 9.59 Å². The molecule has 0 aliphatic carbocycles. The molecule has 1 aliphatic rings. The third kappa shape index (κ3) is 2.97. The first-order valence-electron chi connectivity index (χ1n) is 5.16. The lowest BCUT2D eigenvalue weighted by Crippen LogP contribution is -2.52. The van der Waals surface area contributed by atoms with Gasteiger partial charge in [-0.25, -0.2) is 0 Å². The minimum absolute atomic E-state index is 0.0579. The molecule has 86 valence electrons. The fraction of sp³-hybridized carbons (Fsp3) is 0.818. The molecule has 0 aromatic heterocycles. The van der Waals surface area contributed by atoms with E-state index in [2.05, 4.69) is 0 Å². The summed E-state index contributed by atoms with van der Waals surface area (Å²) in [5.74, 6) is -0.707. The molecule has 2 atom stereocenters. The van der Waals surface area contributed by atoms with E-state index in [1.807, 2.05) is 34.6 Å². The van der Waals surface area contributed by atoms with Crippen molar-refractivity contribution in [2.24, 2.45) is 11.8 Å². The maximum atomic E-state index is 11.8. The van der Waals surface area contributed by atoms with Crippen molar-refractivity contribution < 1.29 is 14.3 Å². The fourth-order valence-corrected chi connectivity index (χ4v) is 2.41. The molecule has 1 fully saturated rings. The lowest BCUT2D eigenvalue weighted by molar-refractivity contribution is -0.189. The van der Waals surface area contributed by atoms with Crippen LogP contribution in [-0.2, 0) is 14.3 Å². The van der Waals surface area contributed by atoms with E-state index in [1.165, 1.54) is 11.8 Å². The maximum absolute atomic E-state index is 11.8. The number of ether oxygens (including phenoxy) is 1. The molecule has 0 amide bonds. The largest absolute Gasteiger partial charge is 0.460 e. The normalized spacial score (nSPS) is 26.1. The van der Waals surface area contributed by atoms with E-state index in [1.54, 1.807) is 0 Å². The summed E-state index contributed by atoms with van der Waals surface area (Å²) in [6.07, 6.45) is -0.222. The highest BCUT2D eigenvalue weighted by molar-refractivity contribution is 8.14. The van der Waals surface area contributed by atoms with Crippen molar-refractivity contribution in [3.05, 3.63) is 0 Å². The number of thioether (sulfide) groups is 1. The van der Waals surface area contributed by atoms with E-state index in [0.717, 1.165) is 0 Å².